The monoisotopic (exact) mass is 524 g/mol. The Morgan fingerprint density at radius 1 is 0.889 bits per heavy atom. The molecule has 0 fully saturated rings. The molecule has 3 aromatic carbocycles. The van der Waals surface area contributed by atoms with Gasteiger partial charge in [0, 0.05) is 17.3 Å². The molecule has 1 aromatic heterocycles. The number of primary sulfonamides is 1. The van der Waals surface area contributed by atoms with E-state index in [0.29, 0.717) is 16.1 Å². The van der Waals surface area contributed by atoms with Gasteiger partial charge in [-0.25, -0.2) is 22.9 Å². The summed E-state index contributed by atoms with van der Waals surface area (Å²) in [6.07, 6.45) is 1.34. The van der Waals surface area contributed by atoms with Gasteiger partial charge in [-0.15, -0.1) is 0 Å². The predicted octanol–water partition coefficient (Wildman–Crippen LogP) is 4.69. The fourth-order valence-electron chi connectivity index (χ4n) is 3.40. The number of anilines is 2. The molecule has 0 saturated heterocycles. The molecule has 0 saturated carbocycles. The number of hydrogen-bond donors (Lipinski definition) is 3. The molecule has 4 aromatic rings. The smallest absolute Gasteiger partial charge is 0.259 e. The lowest BCUT2D eigenvalue weighted by molar-refractivity contribution is 0.102. The maximum atomic E-state index is 13.9. The van der Waals surface area contributed by atoms with Crippen molar-refractivity contribution in [1.29, 1.82) is 0 Å². The van der Waals surface area contributed by atoms with Crippen LogP contribution in [0.25, 0.3) is 11.1 Å². The lowest BCUT2D eigenvalue weighted by atomic mass is 10.0. The topological polar surface area (TPSA) is 131 Å². The van der Waals surface area contributed by atoms with Crippen molar-refractivity contribution in [1.82, 2.24) is 4.98 Å². The number of carbonyl (C=O) groups is 2. The number of nitrogens with zero attached hydrogens (tertiary/aromatic N) is 1. The van der Waals surface area contributed by atoms with E-state index in [9.17, 15) is 22.4 Å². The first kappa shape index (κ1) is 25.0. The summed E-state index contributed by atoms with van der Waals surface area (Å²) in [6, 6.07) is 18.7. The number of pyridine rings is 1. The maximum absolute atomic E-state index is 13.9. The summed E-state index contributed by atoms with van der Waals surface area (Å²) >= 11 is 5.79. The van der Waals surface area contributed by atoms with E-state index in [2.05, 4.69) is 15.6 Å². The van der Waals surface area contributed by atoms with Gasteiger partial charge in [-0.05, 0) is 54.1 Å². The molecule has 2 amide bonds. The summed E-state index contributed by atoms with van der Waals surface area (Å²) in [4.78, 5) is 29.5. The Bertz CT molecular complexity index is 1560. The standard InChI is InChI=1S/C25H18ClFN4O4S/c26-17-9-12-23(29-14-17)31-25(33)20-13-18(27)10-11-21(20)30-24(32)16-7-5-15(6-8-16)19-3-1-2-4-22(19)36(28,34)35/h1-14H,(H,30,32)(H2,28,34,35)(H,29,31,33). The van der Waals surface area contributed by atoms with Crippen molar-refractivity contribution in [3.8, 4) is 11.1 Å². The maximum Gasteiger partial charge on any atom is 0.259 e. The second-order valence-electron chi connectivity index (χ2n) is 7.58. The number of halogens is 2. The molecule has 0 aliphatic heterocycles. The molecule has 0 spiro atoms. The van der Waals surface area contributed by atoms with Gasteiger partial charge in [0.15, 0.2) is 0 Å². The van der Waals surface area contributed by atoms with Crippen molar-refractivity contribution < 1.29 is 22.4 Å². The highest BCUT2D eigenvalue weighted by Crippen LogP contribution is 2.27. The molecule has 1 heterocycles. The molecule has 0 aliphatic rings. The number of rotatable bonds is 6. The largest absolute Gasteiger partial charge is 0.321 e. The number of benzene rings is 3. The Balaban J connectivity index is 1.56. The van der Waals surface area contributed by atoms with Gasteiger partial charge < -0.3 is 10.6 Å². The van der Waals surface area contributed by atoms with Crippen LogP contribution in [-0.2, 0) is 10.0 Å². The number of nitrogens with two attached hydrogens (primary N) is 1. The van der Waals surface area contributed by atoms with E-state index in [4.69, 9.17) is 16.7 Å². The molecule has 0 radical (unpaired) electrons. The first-order valence-electron chi connectivity index (χ1n) is 10.4. The quantitative estimate of drug-likeness (QED) is 0.336. The molecule has 4 rings (SSSR count). The van der Waals surface area contributed by atoms with Crippen LogP contribution in [0.4, 0.5) is 15.9 Å². The highest BCUT2D eigenvalue weighted by molar-refractivity contribution is 7.89. The van der Waals surface area contributed by atoms with Crippen molar-refractivity contribution >= 4 is 44.9 Å². The molecule has 36 heavy (non-hydrogen) atoms. The Kier molecular flexibility index (Phi) is 7.11. The van der Waals surface area contributed by atoms with Crippen LogP contribution in [0.15, 0.2) is 90.0 Å². The summed E-state index contributed by atoms with van der Waals surface area (Å²) in [5.41, 5.74) is 1.12. The minimum absolute atomic E-state index is 0.0423. The minimum atomic E-state index is -3.95. The van der Waals surface area contributed by atoms with Crippen LogP contribution in [0.2, 0.25) is 5.02 Å². The van der Waals surface area contributed by atoms with Gasteiger partial charge in [0.05, 0.1) is 21.2 Å². The van der Waals surface area contributed by atoms with Gasteiger partial charge in [-0.1, -0.05) is 41.9 Å². The van der Waals surface area contributed by atoms with Gasteiger partial charge in [0.1, 0.15) is 11.6 Å². The normalized spacial score (nSPS) is 11.1. The molecule has 0 atom stereocenters. The molecule has 4 N–H and O–H groups in total. The van der Waals surface area contributed by atoms with Crippen LogP contribution in [-0.4, -0.2) is 25.2 Å². The van der Waals surface area contributed by atoms with Crippen molar-refractivity contribution in [2.45, 2.75) is 4.90 Å². The van der Waals surface area contributed by atoms with Gasteiger partial charge in [0.25, 0.3) is 11.8 Å². The Morgan fingerprint density at radius 3 is 2.28 bits per heavy atom. The SMILES string of the molecule is NS(=O)(=O)c1ccccc1-c1ccc(C(=O)Nc2ccc(F)cc2C(=O)Nc2ccc(Cl)cn2)cc1. The van der Waals surface area contributed by atoms with Gasteiger partial charge in [-0.2, -0.15) is 0 Å². The van der Waals surface area contributed by atoms with Crippen molar-refractivity contribution in [2.24, 2.45) is 5.14 Å². The summed E-state index contributed by atoms with van der Waals surface area (Å²) in [5.74, 6) is -1.72. The number of nitrogens with one attached hydrogen (secondary N) is 2. The molecule has 0 aliphatic carbocycles. The van der Waals surface area contributed by atoms with Crippen molar-refractivity contribution in [2.75, 3.05) is 10.6 Å². The van der Waals surface area contributed by atoms with Crippen LogP contribution in [0.3, 0.4) is 0 Å². The van der Waals surface area contributed by atoms with Gasteiger partial charge in [0.2, 0.25) is 10.0 Å². The number of aromatic nitrogens is 1. The lowest BCUT2D eigenvalue weighted by Gasteiger charge is -2.12. The Labute approximate surface area is 211 Å². The van der Waals surface area contributed by atoms with E-state index in [0.717, 1.165) is 12.1 Å². The van der Waals surface area contributed by atoms with Crippen LogP contribution in [0, 0.1) is 5.82 Å². The summed E-state index contributed by atoms with van der Waals surface area (Å²) in [6.45, 7) is 0. The van der Waals surface area contributed by atoms with E-state index in [1.807, 2.05) is 0 Å². The first-order valence-corrected chi connectivity index (χ1v) is 12.3. The summed E-state index contributed by atoms with van der Waals surface area (Å²) in [7, 11) is -3.95. The summed E-state index contributed by atoms with van der Waals surface area (Å²) < 4.78 is 37.7. The van der Waals surface area contributed by atoms with E-state index >= 15 is 0 Å². The minimum Gasteiger partial charge on any atom is -0.321 e. The zero-order valence-corrected chi connectivity index (χ0v) is 20.0. The Hall–Kier alpha value is -4.12. The van der Waals surface area contributed by atoms with Crippen molar-refractivity contribution in [3.63, 3.8) is 0 Å². The second-order valence-corrected chi connectivity index (χ2v) is 9.54. The fraction of sp³-hybridized carbons (Fsp3) is 0. The second kappa shape index (κ2) is 10.2. The number of amides is 2. The average Bonchev–Trinajstić information content (AvgIpc) is 2.86. The molecular weight excluding hydrogens is 507 g/mol. The average molecular weight is 525 g/mol. The number of sulfonamides is 1. The molecule has 182 valence electrons. The number of hydrogen-bond acceptors (Lipinski definition) is 5. The third-order valence-corrected chi connectivity index (χ3v) is 6.29. The molecule has 0 unspecified atom stereocenters. The summed E-state index contributed by atoms with van der Waals surface area (Å²) in [5, 5.41) is 10.8. The van der Waals surface area contributed by atoms with E-state index in [1.54, 1.807) is 30.3 Å². The van der Waals surface area contributed by atoms with E-state index in [1.165, 1.54) is 42.6 Å². The van der Waals surface area contributed by atoms with E-state index < -0.39 is 27.7 Å². The van der Waals surface area contributed by atoms with Crippen LogP contribution >= 0.6 is 11.6 Å². The molecule has 0 bridgehead atoms. The lowest BCUT2D eigenvalue weighted by Crippen LogP contribution is -2.19. The van der Waals surface area contributed by atoms with Gasteiger partial charge >= 0.3 is 0 Å². The predicted molar refractivity (Wildman–Crippen MR) is 135 cm³/mol. The number of carbonyl (C=O) groups excluding carboxylic acids is 2. The van der Waals surface area contributed by atoms with Crippen molar-refractivity contribution in [3.05, 3.63) is 107 Å². The van der Waals surface area contributed by atoms with Gasteiger partial charge in [-0.3, -0.25) is 9.59 Å². The zero-order chi connectivity index (χ0) is 25.9. The highest BCUT2D eigenvalue weighted by Gasteiger charge is 2.18. The van der Waals surface area contributed by atoms with Crippen LogP contribution < -0.4 is 15.8 Å². The fourth-order valence-corrected chi connectivity index (χ4v) is 4.27. The van der Waals surface area contributed by atoms with E-state index in [-0.39, 0.29) is 27.5 Å². The van der Waals surface area contributed by atoms with Crippen LogP contribution in [0.5, 0.6) is 0 Å². The molecule has 8 nitrogen and oxygen atoms in total. The molecule has 11 heteroatoms. The van der Waals surface area contributed by atoms with Crippen LogP contribution in [0.1, 0.15) is 20.7 Å². The first-order chi connectivity index (χ1) is 17.1. The third kappa shape index (κ3) is 5.74. The zero-order valence-electron chi connectivity index (χ0n) is 18.4. The highest BCUT2D eigenvalue weighted by atomic mass is 35.5. The molecular formula is C25H18ClFN4O4S. The third-order valence-electron chi connectivity index (χ3n) is 5.10. The Morgan fingerprint density at radius 2 is 1.61 bits per heavy atom.